The maximum atomic E-state index is 5.40. The first-order chi connectivity index (χ1) is 6.77. The van der Waals surface area contributed by atoms with Gasteiger partial charge in [0.2, 0.25) is 0 Å². The maximum absolute atomic E-state index is 5.40. The quantitative estimate of drug-likeness (QED) is 0.677. The maximum Gasteiger partial charge on any atom is 0.0243 e. The third-order valence-electron chi connectivity index (χ3n) is 3.43. The second-order valence-electron chi connectivity index (χ2n) is 4.59. The van der Waals surface area contributed by atoms with Gasteiger partial charge in [0.15, 0.2) is 0 Å². The molecule has 1 fully saturated rings. The van der Waals surface area contributed by atoms with Gasteiger partial charge in [-0.2, -0.15) is 0 Å². The molecule has 0 aliphatic heterocycles. The van der Waals surface area contributed by atoms with Crippen molar-refractivity contribution in [2.45, 2.75) is 52.0 Å². The zero-order chi connectivity index (χ0) is 10.4. The molecule has 1 nitrogen and oxygen atoms in total. The topological polar surface area (TPSA) is 12.0 Å². The lowest BCUT2D eigenvalue weighted by atomic mass is 9.78. The van der Waals surface area contributed by atoms with Crippen LogP contribution in [0.1, 0.15) is 46.0 Å². The minimum absolute atomic E-state index is 0.567. The van der Waals surface area contributed by atoms with Crippen LogP contribution in [0.4, 0.5) is 0 Å². The average Bonchev–Trinajstić information content (AvgIpc) is 2.19. The summed E-state index contributed by atoms with van der Waals surface area (Å²) in [4.78, 5) is 0. The van der Waals surface area contributed by atoms with Crippen LogP contribution in [0.15, 0.2) is 0 Å². The van der Waals surface area contributed by atoms with Crippen LogP contribution in [0.2, 0.25) is 0 Å². The molecule has 1 aliphatic carbocycles. The van der Waals surface area contributed by atoms with Crippen molar-refractivity contribution in [2.75, 3.05) is 6.54 Å². The fraction of sp³-hybridized carbons (Fsp3) is 0.846. The lowest BCUT2D eigenvalue weighted by Gasteiger charge is -2.32. The molecule has 1 N–H and O–H groups in total. The van der Waals surface area contributed by atoms with Gasteiger partial charge in [0, 0.05) is 12.5 Å². The summed E-state index contributed by atoms with van der Waals surface area (Å²) in [5.41, 5.74) is 0. The summed E-state index contributed by atoms with van der Waals surface area (Å²) >= 11 is 0. The molecule has 0 bridgehead atoms. The van der Waals surface area contributed by atoms with Crippen LogP contribution in [0.3, 0.4) is 0 Å². The molecule has 80 valence electrons. The summed E-state index contributed by atoms with van der Waals surface area (Å²) in [5.74, 6) is 4.55. The van der Waals surface area contributed by atoms with E-state index in [1.807, 2.05) is 0 Å². The highest BCUT2D eigenvalue weighted by molar-refractivity contribution is 4.93. The van der Waals surface area contributed by atoms with Crippen molar-refractivity contribution in [3.63, 3.8) is 0 Å². The summed E-state index contributed by atoms with van der Waals surface area (Å²) in [6.45, 7) is 5.56. The molecule has 1 heteroatoms. The van der Waals surface area contributed by atoms with Gasteiger partial charge in [-0.25, -0.2) is 0 Å². The van der Waals surface area contributed by atoms with Crippen LogP contribution >= 0.6 is 0 Å². The van der Waals surface area contributed by atoms with Crippen molar-refractivity contribution in [1.29, 1.82) is 0 Å². The summed E-state index contributed by atoms with van der Waals surface area (Å²) in [5, 5.41) is 3.53. The highest BCUT2D eigenvalue weighted by Crippen LogP contribution is 2.31. The van der Waals surface area contributed by atoms with Gasteiger partial charge >= 0.3 is 0 Å². The van der Waals surface area contributed by atoms with E-state index in [1.165, 1.54) is 25.7 Å². The summed E-state index contributed by atoms with van der Waals surface area (Å²) < 4.78 is 0. The number of nitrogens with one attached hydrogen (secondary N) is 1. The van der Waals surface area contributed by atoms with Gasteiger partial charge in [-0.3, -0.25) is 0 Å². The Balaban J connectivity index is 2.39. The molecule has 1 rings (SSSR count). The Morgan fingerprint density at radius 1 is 1.36 bits per heavy atom. The molecule has 0 saturated heterocycles. The van der Waals surface area contributed by atoms with E-state index in [1.54, 1.807) is 0 Å². The van der Waals surface area contributed by atoms with Gasteiger partial charge in [0.25, 0.3) is 0 Å². The van der Waals surface area contributed by atoms with Crippen molar-refractivity contribution < 1.29 is 0 Å². The Bertz CT molecular complexity index is 184. The molecule has 0 amide bonds. The second-order valence-corrected chi connectivity index (χ2v) is 4.59. The lowest BCUT2D eigenvalue weighted by molar-refractivity contribution is 0.233. The van der Waals surface area contributed by atoms with Crippen LogP contribution in [-0.2, 0) is 0 Å². The molecular formula is C13H23N. The first-order valence-corrected chi connectivity index (χ1v) is 5.94. The molecule has 1 aliphatic rings. The molecule has 14 heavy (non-hydrogen) atoms. The Hall–Kier alpha value is -0.480. The van der Waals surface area contributed by atoms with Crippen molar-refractivity contribution in [1.82, 2.24) is 5.32 Å². The van der Waals surface area contributed by atoms with E-state index in [2.05, 4.69) is 25.1 Å². The normalized spacial score (nSPS) is 29.5. The van der Waals surface area contributed by atoms with Gasteiger partial charge in [-0.15, -0.1) is 12.3 Å². The molecular weight excluding hydrogens is 170 g/mol. The smallest absolute Gasteiger partial charge is 0.0243 e. The van der Waals surface area contributed by atoms with Gasteiger partial charge < -0.3 is 5.32 Å². The van der Waals surface area contributed by atoms with Gasteiger partial charge in [0.05, 0.1) is 0 Å². The Labute approximate surface area is 88.7 Å². The molecule has 0 spiro atoms. The predicted octanol–water partition coefficient (Wildman–Crippen LogP) is 2.81. The first kappa shape index (κ1) is 11.6. The van der Waals surface area contributed by atoms with E-state index in [0.717, 1.165) is 24.8 Å². The minimum Gasteiger partial charge on any atom is -0.313 e. The minimum atomic E-state index is 0.567. The van der Waals surface area contributed by atoms with Crippen LogP contribution in [0.5, 0.6) is 0 Å². The van der Waals surface area contributed by atoms with Crippen LogP contribution in [0, 0.1) is 24.2 Å². The molecule has 0 aromatic rings. The number of terminal acetylenes is 1. The third-order valence-corrected chi connectivity index (χ3v) is 3.43. The summed E-state index contributed by atoms with van der Waals surface area (Å²) in [6.07, 6.45) is 11.8. The summed E-state index contributed by atoms with van der Waals surface area (Å²) in [6, 6.07) is 0.567. The Morgan fingerprint density at radius 2 is 2.00 bits per heavy atom. The molecule has 0 heterocycles. The molecule has 1 atom stereocenters. The molecule has 1 unspecified atom stereocenters. The third kappa shape index (κ3) is 3.35. The number of hydrogen-bond donors (Lipinski definition) is 1. The van der Waals surface area contributed by atoms with Gasteiger partial charge in [-0.05, 0) is 31.2 Å². The van der Waals surface area contributed by atoms with E-state index in [-0.39, 0.29) is 0 Å². The molecule has 0 aromatic carbocycles. The molecule has 1 saturated carbocycles. The number of rotatable bonds is 4. The van der Waals surface area contributed by atoms with Gasteiger partial charge in [-0.1, -0.05) is 26.7 Å². The van der Waals surface area contributed by atoms with E-state index < -0.39 is 0 Å². The van der Waals surface area contributed by atoms with Crippen molar-refractivity contribution in [2.24, 2.45) is 11.8 Å². The van der Waals surface area contributed by atoms with E-state index >= 15 is 0 Å². The fourth-order valence-electron chi connectivity index (χ4n) is 2.48. The van der Waals surface area contributed by atoms with E-state index in [4.69, 9.17) is 6.42 Å². The second kappa shape index (κ2) is 6.09. The van der Waals surface area contributed by atoms with Gasteiger partial charge in [0.1, 0.15) is 0 Å². The summed E-state index contributed by atoms with van der Waals surface area (Å²) in [7, 11) is 0. The van der Waals surface area contributed by atoms with Crippen LogP contribution in [-0.4, -0.2) is 12.6 Å². The average molecular weight is 193 g/mol. The zero-order valence-corrected chi connectivity index (χ0v) is 9.55. The van der Waals surface area contributed by atoms with Crippen molar-refractivity contribution in [3.05, 3.63) is 0 Å². The van der Waals surface area contributed by atoms with Crippen molar-refractivity contribution >= 4 is 0 Å². The van der Waals surface area contributed by atoms with E-state index in [9.17, 15) is 0 Å². The Morgan fingerprint density at radius 3 is 2.50 bits per heavy atom. The first-order valence-electron chi connectivity index (χ1n) is 5.94. The largest absolute Gasteiger partial charge is 0.313 e. The predicted molar refractivity (Wildman–Crippen MR) is 62.0 cm³/mol. The number of hydrogen-bond acceptors (Lipinski definition) is 1. The van der Waals surface area contributed by atoms with Crippen molar-refractivity contribution in [3.8, 4) is 12.3 Å². The molecule has 0 radical (unpaired) electrons. The monoisotopic (exact) mass is 193 g/mol. The van der Waals surface area contributed by atoms with Crippen LogP contribution < -0.4 is 5.32 Å². The highest BCUT2D eigenvalue weighted by Gasteiger charge is 2.24. The lowest BCUT2D eigenvalue weighted by Crippen LogP contribution is -2.37. The van der Waals surface area contributed by atoms with E-state index in [0.29, 0.717) is 6.04 Å². The fourth-order valence-corrected chi connectivity index (χ4v) is 2.48. The Kier molecular flexibility index (Phi) is 5.04. The highest BCUT2D eigenvalue weighted by atomic mass is 14.9. The standard InChI is InChI=1S/C13H23N/c1-4-6-13(14-5-2)12-9-7-11(3)8-10-12/h1,11-14H,5-10H2,2-3H3. The zero-order valence-electron chi connectivity index (χ0n) is 9.55. The van der Waals surface area contributed by atoms with Crippen LogP contribution in [0.25, 0.3) is 0 Å². The molecule has 0 aromatic heterocycles. The SMILES string of the molecule is C#CCC(NCC)C1CCC(C)CC1.